The van der Waals surface area contributed by atoms with Crippen molar-refractivity contribution in [2.24, 2.45) is 5.92 Å². The number of carbonyl (C=O) groups is 1. The van der Waals surface area contributed by atoms with Crippen molar-refractivity contribution in [1.82, 2.24) is 5.32 Å². The van der Waals surface area contributed by atoms with Crippen molar-refractivity contribution in [3.63, 3.8) is 0 Å². The highest BCUT2D eigenvalue weighted by Gasteiger charge is 2.19. The van der Waals surface area contributed by atoms with Crippen LogP contribution in [0.4, 0.5) is 0 Å². The Balaban J connectivity index is 1.81. The largest absolute Gasteiger partial charge is 0.483 e. The van der Waals surface area contributed by atoms with Crippen LogP contribution in [-0.4, -0.2) is 19.1 Å². The van der Waals surface area contributed by atoms with Gasteiger partial charge in [0.1, 0.15) is 5.75 Å². The van der Waals surface area contributed by atoms with Gasteiger partial charge in [0.2, 0.25) is 0 Å². The lowest BCUT2D eigenvalue weighted by molar-refractivity contribution is -0.123. The van der Waals surface area contributed by atoms with E-state index in [1.165, 1.54) is 32.1 Å². The van der Waals surface area contributed by atoms with Gasteiger partial charge in [0.25, 0.3) is 5.91 Å². The molecule has 0 spiro atoms. The van der Waals surface area contributed by atoms with E-state index < -0.39 is 0 Å². The summed E-state index contributed by atoms with van der Waals surface area (Å²) >= 11 is 0. The van der Waals surface area contributed by atoms with Crippen molar-refractivity contribution in [2.45, 2.75) is 58.3 Å². The molecule has 1 saturated carbocycles. The van der Waals surface area contributed by atoms with Crippen LogP contribution in [-0.2, 0) is 10.2 Å². The smallest absolute Gasteiger partial charge is 0.257 e. The van der Waals surface area contributed by atoms with E-state index in [9.17, 15) is 4.79 Å². The maximum Gasteiger partial charge on any atom is 0.257 e. The summed E-state index contributed by atoms with van der Waals surface area (Å²) in [5.41, 5.74) is 1.14. The molecule has 0 aliphatic heterocycles. The molecule has 1 aromatic rings. The minimum absolute atomic E-state index is 0.00909. The molecule has 3 heteroatoms. The lowest BCUT2D eigenvalue weighted by Gasteiger charge is -2.23. The van der Waals surface area contributed by atoms with Gasteiger partial charge >= 0.3 is 0 Å². The lowest BCUT2D eigenvalue weighted by Crippen LogP contribution is -2.34. The summed E-state index contributed by atoms with van der Waals surface area (Å²) in [6, 6.07) is 7.96. The third-order valence-electron chi connectivity index (χ3n) is 4.37. The molecule has 2 rings (SSSR count). The normalized spacial score (nSPS) is 16.3. The summed E-state index contributed by atoms with van der Waals surface area (Å²) in [4.78, 5) is 12.0. The Hall–Kier alpha value is -1.51. The number of nitrogens with one attached hydrogen (secondary N) is 1. The van der Waals surface area contributed by atoms with Gasteiger partial charge in [-0.3, -0.25) is 4.79 Å². The average Bonchev–Trinajstić information content (AvgIpc) is 2.51. The van der Waals surface area contributed by atoms with E-state index in [2.05, 4.69) is 32.2 Å². The standard InChI is InChI=1S/C19H29NO2/c1-19(2,3)16-11-7-8-12-17(16)22-14-18(21)20-13-15-9-5-4-6-10-15/h7-8,11-12,15H,4-6,9-10,13-14H2,1-3H3,(H,20,21). The Bertz CT molecular complexity index is 484. The van der Waals surface area contributed by atoms with Gasteiger partial charge in [-0.1, -0.05) is 58.2 Å². The first kappa shape index (κ1) is 16.9. The summed E-state index contributed by atoms with van der Waals surface area (Å²) in [6.07, 6.45) is 6.44. The van der Waals surface area contributed by atoms with Crippen LogP contribution < -0.4 is 10.1 Å². The number of carbonyl (C=O) groups excluding carboxylic acids is 1. The second-order valence-electron chi connectivity index (χ2n) is 7.34. The minimum Gasteiger partial charge on any atom is -0.483 e. The van der Waals surface area contributed by atoms with Gasteiger partial charge in [-0.25, -0.2) is 0 Å². The molecule has 1 aromatic carbocycles. The summed E-state index contributed by atoms with van der Waals surface area (Å²) in [5, 5.41) is 3.02. The van der Waals surface area contributed by atoms with Crippen LogP contribution in [0.25, 0.3) is 0 Å². The molecular formula is C19H29NO2. The van der Waals surface area contributed by atoms with Gasteiger partial charge in [0, 0.05) is 6.54 Å². The van der Waals surface area contributed by atoms with Gasteiger partial charge in [-0.05, 0) is 35.8 Å². The average molecular weight is 303 g/mol. The third kappa shape index (κ3) is 5.04. The SMILES string of the molecule is CC(C)(C)c1ccccc1OCC(=O)NCC1CCCCC1. The molecule has 0 bridgehead atoms. The lowest BCUT2D eigenvalue weighted by atomic mass is 9.86. The number of hydrogen-bond donors (Lipinski definition) is 1. The molecule has 0 aromatic heterocycles. The molecule has 0 saturated heterocycles. The molecule has 1 N–H and O–H groups in total. The predicted octanol–water partition coefficient (Wildman–Crippen LogP) is 4.06. The summed E-state index contributed by atoms with van der Waals surface area (Å²) in [6.45, 7) is 7.35. The first-order chi connectivity index (χ1) is 10.5. The van der Waals surface area contributed by atoms with Crippen molar-refractivity contribution >= 4 is 5.91 Å². The number of rotatable bonds is 5. The Morgan fingerprint density at radius 1 is 1.18 bits per heavy atom. The highest BCUT2D eigenvalue weighted by atomic mass is 16.5. The van der Waals surface area contributed by atoms with Crippen LogP contribution >= 0.6 is 0 Å². The first-order valence-electron chi connectivity index (χ1n) is 8.46. The van der Waals surface area contributed by atoms with E-state index in [0.717, 1.165) is 17.9 Å². The fraction of sp³-hybridized carbons (Fsp3) is 0.632. The van der Waals surface area contributed by atoms with Crippen LogP contribution in [0.3, 0.4) is 0 Å². The van der Waals surface area contributed by atoms with Gasteiger partial charge in [0.05, 0.1) is 0 Å². The molecular weight excluding hydrogens is 274 g/mol. The van der Waals surface area contributed by atoms with Gasteiger partial charge in [-0.2, -0.15) is 0 Å². The fourth-order valence-corrected chi connectivity index (χ4v) is 3.06. The number of ether oxygens (including phenoxy) is 1. The monoisotopic (exact) mass is 303 g/mol. The number of amides is 1. The maximum absolute atomic E-state index is 12.0. The Labute approximate surface area is 134 Å². The third-order valence-corrected chi connectivity index (χ3v) is 4.37. The van der Waals surface area contributed by atoms with E-state index in [1.807, 2.05) is 18.2 Å². The molecule has 3 nitrogen and oxygen atoms in total. The van der Waals surface area contributed by atoms with E-state index in [-0.39, 0.29) is 17.9 Å². The molecule has 122 valence electrons. The second-order valence-corrected chi connectivity index (χ2v) is 7.34. The zero-order valence-electron chi connectivity index (χ0n) is 14.2. The highest BCUT2D eigenvalue weighted by Crippen LogP contribution is 2.30. The van der Waals surface area contributed by atoms with E-state index in [1.54, 1.807) is 0 Å². The van der Waals surface area contributed by atoms with Crippen molar-refractivity contribution in [2.75, 3.05) is 13.2 Å². The zero-order chi connectivity index (χ0) is 16.0. The van der Waals surface area contributed by atoms with Crippen LogP contribution in [0.15, 0.2) is 24.3 Å². The molecule has 1 amide bonds. The van der Waals surface area contributed by atoms with Crippen LogP contribution in [0, 0.1) is 5.92 Å². The number of benzene rings is 1. The zero-order valence-corrected chi connectivity index (χ0v) is 14.2. The quantitative estimate of drug-likeness (QED) is 0.891. The van der Waals surface area contributed by atoms with E-state index >= 15 is 0 Å². The molecule has 1 fully saturated rings. The van der Waals surface area contributed by atoms with Gasteiger partial charge < -0.3 is 10.1 Å². The van der Waals surface area contributed by atoms with Crippen LogP contribution in [0.1, 0.15) is 58.4 Å². The molecule has 22 heavy (non-hydrogen) atoms. The summed E-state index contributed by atoms with van der Waals surface area (Å²) in [5.74, 6) is 1.44. The maximum atomic E-state index is 12.0. The highest BCUT2D eigenvalue weighted by molar-refractivity contribution is 5.77. The van der Waals surface area contributed by atoms with Crippen molar-refractivity contribution < 1.29 is 9.53 Å². The summed E-state index contributed by atoms with van der Waals surface area (Å²) < 4.78 is 5.75. The van der Waals surface area contributed by atoms with E-state index in [0.29, 0.717) is 5.92 Å². The first-order valence-corrected chi connectivity index (χ1v) is 8.46. The van der Waals surface area contributed by atoms with Crippen molar-refractivity contribution in [3.8, 4) is 5.75 Å². The van der Waals surface area contributed by atoms with Crippen LogP contribution in [0.5, 0.6) is 5.75 Å². The van der Waals surface area contributed by atoms with Crippen LogP contribution in [0.2, 0.25) is 0 Å². The Morgan fingerprint density at radius 3 is 2.55 bits per heavy atom. The van der Waals surface area contributed by atoms with Crippen molar-refractivity contribution in [3.05, 3.63) is 29.8 Å². The predicted molar refractivity (Wildman–Crippen MR) is 90.2 cm³/mol. The molecule has 0 heterocycles. The molecule has 1 aliphatic carbocycles. The molecule has 0 atom stereocenters. The van der Waals surface area contributed by atoms with Gasteiger partial charge in [-0.15, -0.1) is 0 Å². The molecule has 0 radical (unpaired) electrons. The second kappa shape index (κ2) is 7.66. The molecule has 0 unspecified atom stereocenters. The minimum atomic E-state index is -0.0192. The Morgan fingerprint density at radius 2 is 1.86 bits per heavy atom. The number of hydrogen-bond acceptors (Lipinski definition) is 2. The summed E-state index contributed by atoms with van der Waals surface area (Å²) in [7, 11) is 0. The van der Waals surface area contributed by atoms with Gasteiger partial charge in [0.15, 0.2) is 6.61 Å². The Kier molecular flexibility index (Phi) is 5.87. The fourth-order valence-electron chi connectivity index (χ4n) is 3.06. The topological polar surface area (TPSA) is 38.3 Å². The van der Waals surface area contributed by atoms with Crippen molar-refractivity contribution in [1.29, 1.82) is 0 Å². The molecule has 1 aliphatic rings. The number of para-hydroxylation sites is 1. The van der Waals surface area contributed by atoms with E-state index in [4.69, 9.17) is 4.74 Å².